The Morgan fingerprint density at radius 3 is 2.36 bits per heavy atom. The van der Waals surface area contributed by atoms with Crippen LogP contribution in [0.3, 0.4) is 0 Å². The summed E-state index contributed by atoms with van der Waals surface area (Å²) in [7, 11) is 1.38. The van der Waals surface area contributed by atoms with E-state index in [4.69, 9.17) is 4.74 Å². The average Bonchev–Trinajstić information content (AvgIpc) is 2.59. The number of hydrogen-bond acceptors (Lipinski definition) is 3. The van der Waals surface area contributed by atoms with Crippen LogP contribution >= 0.6 is 0 Å². The fourth-order valence-electron chi connectivity index (χ4n) is 2.64. The van der Waals surface area contributed by atoms with Gasteiger partial charge in [0.05, 0.1) is 18.4 Å². The van der Waals surface area contributed by atoms with Gasteiger partial charge in [-0.3, -0.25) is 4.99 Å². The number of rotatable bonds is 5. The van der Waals surface area contributed by atoms with Crippen molar-refractivity contribution in [3.05, 3.63) is 65.2 Å². The highest BCUT2D eigenvalue weighted by molar-refractivity contribution is 5.95. The standard InChI is InChI=1S/C22H27NO2/c1-16(14-17-10-12-18(13-11-17)22(2,3)4)15-23-20-9-7-6-8-19(20)21(24)25-5/h6-13,15-16H,14H2,1-5H3/t16-/m1/s1. The molecule has 0 saturated carbocycles. The lowest BCUT2D eigenvalue weighted by Crippen LogP contribution is -2.11. The fraction of sp³-hybridized carbons (Fsp3) is 0.364. The molecule has 132 valence electrons. The molecule has 0 N–H and O–H groups in total. The van der Waals surface area contributed by atoms with E-state index in [1.807, 2.05) is 24.4 Å². The minimum atomic E-state index is -0.363. The summed E-state index contributed by atoms with van der Waals surface area (Å²) in [4.78, 5) is 16.3. The summed E-state index contributed by atoms with van der Waals surface area (Å²) in [6.45, 7) is 8.78. The van der Waals surface area contributed by atoms with E-state index < -0.39 is 0 Å². The number of hydrogen-bond donors (Lipinski definition) is 0. The fourth-order valence-corrected chi connectivity index (χ4v) is 2.64. The van der Waals surface area contributed by atoms with Crippen LogP contribution in [0.1, 0.15) is 49.2 Å². The number of carbonyl (C=O) groups excluding carboxylic acids is 1. The first-order valence-electron chi connectivity index (χ1n) is 8.62. The minimum Gasteiger partial charge on any atom is -0.465 e. The molecular weight excluding hydrogens is 310 g/mol. The van der Waals surface area contributed by atoms with E-state index in [-0.39, 0.29) is 17.3 Å². The number of nitrogens with zero attached hydrogens (tertiary/aromatic N) is 1. The van der Waals surface area contributed by atoms with Gasteiger partial charge in [0.15, 0.2) is 0 Å². The zero-order valence-electron chi connectivity index (χ0n) is 15.7. The lowest BCUT2D eigenvalue weighted by Gasteiger charge is -2.19. The van der Waals surface area contributed by atoms with Crippen molar-refractivity contribution in [2.75, 3.05) is 7.11 Å². The monoisotopic (exact) mass is 337 g/mol. The van der Waals surface area contributed by atoms with Gasteiger partial charge in [-0.2, -0.15) is 0 Å². The summed E-state index contributed by atoms with van der Waals surface area (Å²) in [6, 6.07) is 16.0. The van der Waals surface area contributed by atoms with Gasteiger partial charge in [-0.25, -0.2) is 4.79 Å². The van der Waals surface area contributed by atoms with Crippen molar-refractivity contribution in [3.63, 3.8) is 0 Å². The number of para-hydroxylation sites is 1. The Balaban J connectivity index is 2.06. The quantitative estimate of drug-likeness (QED) is 0.545. The van der Waals surface area contributed by atoms with Crippen LogP contribution in [0, 0.1) is 5.92 Å². The number of methoxy groups -OCH3 is 1. The third-order valence-electron chi connectivity index (χ3n) is 4.16. The van der Waals surface area contributed by atoms with E-state index in [1.54, 1.807) is 6.07 Å². The molecule has 1 atom stereocenters. The van der Waals surface area contributed by atoms with Gasteiger partial charge in [0.25, 0.3) is 0 Å². The molecule has 0 spiro atoms. The smallest absolute Gasteiger partial charge is 0.340 e. The molecule has 25 heavy (non-hydrogen) atoms. The topological polar surface area (TPSA) is 38.7 Å². The molecule has 3 heteroatoms. The van der Waals surface area contributed by atoms with Crippen LogP contribution in [0.2, 0.25) is 0 Å². The molecule has 3 nitrogen and oxygen atoms in total. The molecule has 0 bridgehead atoms. The van der Waals surface area contributed by atoms with Crippen LogP contribution in [-0.4, -0.2) is 19.3 Å². The van der Waals surface area contributed by atoms with Crippen LogP contribution in [0.5, 0.6) is 0 Å². The highest BCUT2D eigenvalue weighted by Gasteiger charge is 2.13. The van der Waals surface area contributed by atoms with E-state index in [0.29, 0.717) is 11.3 Å². The van der Waals surface area contributed by atoms with Gasteiger partial charge in [-0.15, -0.1) is 0 Å². The molecule has 0 aliphatic rings. The number of aliphatic imine (C=N–C) groups is 1. The second kappa shape index (κ2) is 8.11. The highest BCUT2D eigenvalue weighted by Crippen LogP contribution is 2.23. The summed E-state index contributed by atoms with van der Waals surface area (Å²) in [5, 5.41) is 0. The van der Waals surface area contributed by atoms with Crippen LogP contribution in [0.4, 0.5) is 5.69 Å². The molecule has 2 aromatic carbocycles. The second-order valence-electron chi connectivity index (χ2n) is 7.42. The molecule has 2 rings (SSSR count). The predicted octanol–water partition coefficient (Wildman–Crippen LogP) is 5.35. The Kier molecular flexibility index (Phi) is 6.13. The van der Waals surface area contributed by atoms with Crippen LogP contribution in [0.25, 0.3) is 0 Å². The highest BCUT2D eigenvalue weighted by atomic mass is 16.5. The predicted molar refractivity (Wildman–Crippen MR) is 104 cm³/mol. The summed E-state index contributed by atoms with van der Waals surface area (Å²) in [6.07, 6.45) is 2.81. The summed E-state index contributed by atoms with van der Waals surface area (Å²) in [5.74, 6) is -0.0932. The van der Waals surface area contributed by atoms with Crippen molar-refractivity contribution in [1.82, 2.24) is 0 Å². The maximum Gasteiger partial charge on any atom is 0.340 e. The lowest BCUT2D eigenvalue weighted by atomic mass is 9.86. The molecule has 0 aromatic heterocycles. The number of benzene rings is 2. The average molecular weight is 337 g/mol. The Hall–Kier alpha value is -2.42. The molecule has 0 unspecified atom stereocenters. The van der Waals surface area contributed by atoms with E-state index in [2.05, 4.69) is 57.0 Å². The first-order valence-corrected chi connectivity index (χ1v) is 8.62. The SMILES string of the molecule is COC(=O)c1ccccc1N=C[C@H](C)Cc1ccc(C(C)(C)C)cc1. The first kappa shape index (κ1) is 18.9. The van der Waals surface area contributed by atoms with Crippen LogP contribution in [0.15, 0.2) is 53.5 Å². The van der Waals surface area contributed by atoms with Crippen molar-refractivity contribution < 1.29 is 9.53 Å². The number of esters is 1. The molecule has 0 radical (unpaired) electrons. The Bertz CT molecular complexity index is 739. The molecule has 0 fully saturated rings. The molecule has 0 amide bonds. The van der Waals surface area contributed by atoms with Gasteiger partial charge in [0, 0.05) is 6.21 Å². The molecule has 0 heterocycles. The Morgan fingerprint density at radius 2 is 1.76 bits per heavy atom. The minimum absolute atomic E-state index is 0.170. The maximum absolute atomic E-state index is 11.8. The first-order chi connectivity index (χ1) is 11.8. The zero-order chi connectivity index (χ0) is 18.4. The molecule has 0 aliphatic carbocycles. The van der Waals surface area contributed by atoms with E-state index in [9.17, 15) is 4.79 Å². The molecule has 2 aromatic rings. The largest absolute Gasteiger partial charge is 0.465 e. The molecule has 0 aliphatic heterocycles. The summed E-state index contributed by atoms with van der Waals surface area (Å²) >= 11 is 0. The van der Waals surface area contributed by atoms with Gasteiger partial charge in [-0.05, 0) is 41.0 Å². The number of carbonyl (C=O) groups is 1. The van der Waals surface area contributed by atoms with Crippen LogP contribution in [-0.2, 0) is 16.6 Å². The van der Waals surface area contributed by atoms with E-state index >= 15 is 0 Å². The zero-order valence-corrected chi connectivity index (χ0v) is 15.7. The van der Waals surface area contributed by atoms with Gasteiger partial charge in [0.2, 0.25) is 0 Å². The Morgan fingerprint density at radius 1 is 1.12 bits per heavy atom. The van der Waals surface area contributed by atoms with Gasteiger partial charge >= 0.3 is 5.97 Å². The third kappa shape index (κ3) is 5.28. The maximum atomic E-state index is 11.8. The van der Waals surface area contributed by atoms with Crippen molar-refractivity contribution in [1.29, 1.82) is 0 Å². The third-order valence-corrected chi connectivity index (χ3v) is 4.16. The molecular formula is C22H27NO2. The van der Waals surface area contributed by atoms with E-state index in [0.717, 1.165) is 6.42 Å². The van der Waals surface area contributed by atoms with Crippen molar-refractivity contribution in [2.24, 2.45) is 10.9 Å². The van der Waals surface area contributed by atoms with E-state index in [1.165, 1.54) is 18.2 Å². The second-order valence-corrected chi connectivity index (χ2v) is 7.42. The van der Waals surface area contributed by atoms with Crippen molar-refractivity contribution >= 4 is 17.9 Å². The van der Waals surface area contributed by atoms with Crippen LogP contribution < -0.4 is 0 Å². The summed E-state index contributed by atoms with van der Waals surface area (Å²) in [5.41, 5.74) is 3.92. The normalized spacial score (nSPS) is 13.0. The van der Waals surface area contributed by atoms with Gasteiger partial charge in [-0.1, -0.05) is 64.1 Å². The summed E-state index contributed by atoms with van der Waals surface area (Å²) < 4.78 is 4.81. The number of ether oxygens (including phenoxy) is 1. The van der Waals surface area contributed by atoms with Gasteiger partial charge < -0.3 is 4.74 Å². The van der Waals surface area contributed by atoms with Gasteiger partial charge in [0.1, 0.15) is 0 Å². The lowest BCUT2D eigenvalue weighted by molar-refractivity contribution is 0.0601. The van der Waals surface area contributed by atoms with Crippen molar-refractivity contribution in [2.45, 2.75) is 39.5 Å². The Labute approximate surface area is 150 Å². The van der Waals surface area contributed by atoms with Crippen molar-refractivity contribution in [3.8, 4) is 0 Å². The molecule has 0 saturated heterocycles.